The Labute approximate surface area is 882 Å². The number of fused-ring (bicyclic) bond motifs is 27. The molecule has 0 unspecified atom stereocenters. The van der Waals surface area contributed by atoms with Crippen LogP contribution in [0.25, 0.3) is 211 Å². The minimum absolute atomic E-state index is 0.508. The molecule has 0 bridgehead atoms. The van der Waals surface area contributed by atoms with Crippen molar-refractivity contribution in [3.8, 4) is 44.5 Å². The van der Waals surface area contributed by atoms with Gasteiger partial charge in [-0.2, -0.15) is 0 Å². The molecule has 11 heteroatoms. The van der Waals surface area contributed by atoms with Gasteiger partial charge in [-0.3, -0.25) is 0 Å². The molecule has 8 heterocycles. The Morgan fingerprint density at radius 1 is 0.167 bits per heavy atom. The molecule has 0 fully saturated rings. The van der Waals surface area contributed by atoms with Crippen LogP contribution in [0.1, 0.15) is 22.3 Å². The maximum absolute atomic E-state index is 6.50. The summed E-state index contributed by atoms with van der Waals surface area (Å²) in [6, 6.07) is 187. The molecule has 0 saturated carbocycles. The van der Waals surface area contributed by atoms with Crippen LogP contribution in [-0.2, 0) is 5.41 Å². The zero-order valence-electron chi connectivity index (χ0n) is 80.7. The van der Waals surface area contributed by atoms with Crippen molar-refractivity contribution in [3.63, 3.8) is 0 Å². The summed E-state index contributed by atoms with van der Waals surface area (Å²) in [4.78, 5) is 7.36. The first-order valence-corrected chi connectivity index (χ1v) is 54.8. The Bertz CT molecular complexity index is 10200. The van der Waals surface area contributed by atoms with Gasteiger partial charge in [-0.25, -0.2) is 0 Å². The van der Waals surface area contributed by atoms with Crippen molar-refractivity contribution in [2.24, 2.45) is 0 Å². The zero-order valence-corrected chi connectivity index (χ0v) is 84.8. The second-order valence-corrected chi connectivity index (χ2v) is 43.8. The molecule has 6 nitrogen and oxygen atoms in total. The number of rotatable bonds is 14. The van der Waals surface area contributed by atoms with Crippen molar-refractivity contribution in [1.29, 1.82) is 0 Å². The third-order valence-corrected chi connectivity index (χ3v) is 36.2. The van der Waals surface area contributed by atoms with E-state index in [0.29, 0.717) is 0 Å². The van der Waals surface area contributed by atoms with Gasteiger partial charge in [0.15, 0.2) is 0 Å². The Kier molecular flexibility index (Phi) is 20.8. The van der Waals surface area contributed by atoms with E-state index < -0.39 is 5.41 Å². The number of furan rings is 3. The van der Waals surface area contributed by atoms with Crippen molar-refractivity contribution >= 4 is 275 Å². The van der Waals surface area contributed by atoms with E-state index in [-0.39, 0.29) is 0 Å². The van der Waals surface area contributed by atoms with Gasteiger partial charge < -0.3 is 28.0 Å². The van der Waals surface area contributed by atoms with E-state index >= 15 is 0 Å². The molecule has 0 N–H and O–H groups in total. The van der Waals surface area contributed by atoms with E-state index in [2.05, 4.69) is 512 Å². The second-order valence-electron chi connectivity index (χ2n) is 38.5. The van der Waals surface area contributed by atoms with Crippen LogP contribution in [0.15, 0.2) is 529 Å². The molecule has 0 saturated heterocycles. The number of hydrogen-bond acceptors (Lipinski definition) is 11. The monoisotopic (exact) mass is 2000 g/mol. The minimum Gasteiger partial charge on any atom is -0.456 e. The first kappa shape index (κ1) is 87.4. The smallest absolute Gasteiger partial charge is 0.143 e. The molecule has 0 radical (unpaired) electrons. The zero-order chi connectivity index (χ0) is 98.6. The standard InChI is InChI=1S/C55H35NOS.2C42H25NOS2/c1-3-16-37(17-4-1)55(38-18-5-2-6-19-38)45-25-10-7-21-43(45)52-46(55)26-14-27-47(52)56(48-28-15-31-51-53(48)44-22-9-12-30-50(44)58-51)39-34-32-36(33-35-39)40-23-13-24-42-41-20-8-11-29-49(41)57-54(40)42;2*1-4-17-35-31(11-1)40-33(15-8-18-36(40)44-35)43(34-16-9-21-39-41(34)32-12-3-6-20-38(32)45-39)27-24-22-26(23-25-27)28-13-7-14-30-29-10-2-5-19-37(29)46-42(28)30/h1-35H;2*1-25H. The molecular weight excluding hydrogens is 1920 g/mol. The van der Waals surface area contributed by atoms with Gasteiger partial charge in [0, 0.05) is 151 Å². The van der Waals surface area contributed by atoms with Gasteiger partial charge in [0.2, 0.25) is 0 Å². The fourth-order valence-corrected chi connectivity index (χ4v) is 29.7. The number of hydrogen-bond donors (Lipinski definition) is 0. The van der Waals surface area contributed by atoms with Gasteiger partial charge in [-0.1, -0.05) is 364 Å². The van der Waals surface area contributed by atoms with Gasteiger partial charge >= 0.3 is 0 Å². The first-order chi connectivity index (χ1) is 74.4. The van der Waals surface area contributed by atoms with Crippen molar-refractivity contribution in [2.75, 3.05) is 14.7 Å². The van der Waals surface area contributed by atoms with E-state index in [4.69, 9.17) is 13.3 Å². The molecule has 31 aromatic rings. The fraction of sp³-hybridized carbons (Fsp3) is 0.00719. The average molecular weight is 2010 g/mol. The number of thiophene rings is 5. The molecule has 704 valence electrons. The van der Waals surface area contributed by atoms with E-state index in [1.54, 1.807) is 0 Å². The lowest BCUT2D eigenvalue weighted by molar-refractivity contribution is 0.668. The van der Waals surface area contributed by atoms with Gasteiger partial charge in [0.25, 0.3) is 0 Å². The molecule has 1 aliphatic carbocycles. The van der Waals surface area contributed by atoms with Gasteiger partial charge in [0.1, 0.15) is 33.5 Å². The average Bonchev–Trinajstić information content (AvgIpc) is 1.52. The van der Waals surface area contributed by atoms with Crippen LogP contribution < -0.4 is 14.7 Å². The van der Waals surface area contributed by atoms with E-state index in [1.807, 2.05) is 74.9 Å². The predicted octanol–water partition coefficient (Wildman–Crippen LogP) is 42.4. The molecule has 0 aliphatic heterocycles. The van der Waals surface area contributed by atoms with Crippen molar-refractivity contribution in [1.82, 2.24) is 0 Å². The first-order valence-electron chi connectivity index (χ1n) is 50.7. The highest BCUT2D eigenvalue weighted by Crippen LogP contribution is 2.62. The molecule has 0 amide bonds. The molecule has 1 aliphatic rings. The predicted molar refractivity (Wildman–Crippen MR) is 643 cm³/mol. The van der Waals surface area contributed by atoms with E-state index in [9.17, 15) is 0 Å². The lowest BCUT2D eigenvalue weighted by Crippen LogP contribution is -2.28. The van der Waals surface area contributed by atoms with Crippen molar-refractivity contribution < 1.29 is 13.3 Å². The summed E-state index contributed by atoms with van der Waals surface area (Å²) in [7, 11) is 0. The Balaban J connectivity index is 0.000000104. The molecule has 23 aromatic carbocycles. The topological polar surface area (TPSA) is 49.1 Å². The highest BCUT2D eigenvalue weighted by Gasteiger charge is 2.48. The normalized spacial score (nSPS) is 12.3. The number of para-hydroxylation sites is 4. The van der Waals surface area contributed by atoms with E-state index in [1.165, 1.54) is 156 Å². The fourth-order valence-electron chi connectivity index (χ4n) is 23.9. The van der Waals surface area contributed by atoms with Crippen LogP contribution in [-0.4, -0.2) is 0 Å². The van der Waals surface area contributed by atoms with Crippen LogP contribution in [0.2, 0.25) is 0 Å². The Hall–Kier alpha value is -18.0. The van der Waals surface area contributed by atoms with Gasteiger partial charge in [-0.05, 0) is 207 Å². The summed E-state index contributed by atoms with van der Waals surface area (Å²) in [6.07, 6.45) is 0. The SMILES string of the molecule is c1ccc(C2(c3ccccc3)c3ccccc3-c3c(N(c4ccc(-c5cccc6c5oc5ccccc56)cc4)c4cccc5sc6ccccc6c45)cccc32)cc1.c1ccc2c(c1)oc1cccc(N(c3ccc(-c4cccc5c4sc4ccccc45)cc3)c3cccc4sc5ccccc5c34)c12.c1ccc2c(c1)oc1cccc(N(c3ccc(-c4cccc5c4sc4ccccc45)cc3)c3cccc4sc5ccccc5c34)c12. The number of benzene rings is 23. The van der Waals surface area contributed by atoms with Gasteiger partial charge in [-0.15, -0.1) is 56.7 Å². The second kappa shape index (κ2) is 35.7. The molecule has 8 aromatic heterocycles. The maximum Gasteiger partial charge on any atom is 0.143 e. The highest BCUT2D eigenvalue weighted by atomic mass is 32.1. The summed E-state index contributed by atoms with van der Waals surface area (Å²) in [6.45, 7) is 0. The Morgan fingerprint density at radius 2 is 0.453 bits per heavy atom. The Morgan fingerprint density at radius 3 is 0.900 bits per heavy atom. The summed E-state index contributed by atoms with van der Waals surface area (Å²) >= 11 is 9.31. The van der Waals surface area contributed by atoms with Crippen LogP contribution in [0, 0.1) is 0 Å². The van der Waals surface area contributed by atoms with Crippen LogP contribution in [0.4, 0.5) is 51.2 Å². The third-order valence-electron chi connectivity index (χ3n) is 30.3. The summed E-state index contributed by atoms with van der Waals surface area (Å²) in [5, 5.41) is 19.7. The maximum atomic E-state index is 6.50. The minimum atomic E-state index is -0.508. The largest absolute Gasteiger partial charge is 0.456 e. The summed E-state index contributed by atoms with van der Waals surface area (Å²) < 4.78 is 32.3. The van der Waals surface area contributed by atoms with E-state index in [0.717, 1.165) is 128 Å². The summed E-state index contributed by atoms with van der Waals surface area (Å²) in [5.41, 5.74) is 29.8. The molecule has 0 atom stereocenters. The van der Waals surface area contributed by atoms with Gasteiger partial charge in [0.05, 0.1) is 50.3 Å². The third kappa shape index (κ3) is 14.0. The summed E-state index contributed by atoms with van der Waals surface area (Å²) in [5.74, 6) is 0. The molecule has 0 spiro atoms. The molecule has 32 rings (SSSR count). The van der Waals surface area contributed by atoms with Crippen LogP contribution in [0.3, 0.4) is 0 Å². The quantitative estimate of drug-likeness (QED) is 0.108. The number of anilines is 9. The number of nitrogens with zero attached hydrogens (tertiary/aromatic N) is 3. The molecule has 150 heavy (non-hydrogen) atoms. The lowest BCUT2D eigenvalue weighted by atomic mass is 9.68. The van der Waals surface area contributed by atoms with Crippen molar-refractivity contribution in [2.45, 2.75) is 5.41 Å². The lowest BCUT2D eigenvalue weighted by Gasteiger charge is -2.34. The van der Waals surface area contributed by atoms with Crippen LogP contribution in [0.5, 0.6) is 0 Å². The highest BCUT2D eigenvalue weighted by molar-refractivity contribution is 7.28. The molecular formula is C139H85N3O3S5. The van der Waals surface area contributed by atoms with Crippen LogP contribution >= 0.6 is 56.7 Å². The van der Waals surface area contributed by atoms with Crippen molar-refractivity contribution in [3.05, 3.63) is 538 Å².